The molecule has 0 aliphatic carbocycles. The molecule has 0 saturated heterocycles. The van der Waals surface area contributed by atoms with E-state index in [-0.39, 0.29) is 0 Å². The number of nitrogens with zero attached hydrogens (tertiary/aromatic N) is 3. The van der Waals surface area contributed by atoms with E-state index in [4.69, 9.17) is 0 Å². The van der Waals surface area contributed by atoms with Crippen LogP contribution in [0.3, 0.4) is 0 Å². The first-order valence-corrected chi connectivity index (χ1v) is 7.31. The summed E-state index contributed by atoms with van der Waals surface area (Å²) in [7, 11) is 0. The smallest absolute Gasteiger partial charge is 0.101 e. The molecule has 1 aromatic heterocycles. The molecule has 0 aliphatic rings. The molecule has 0 bridgehead atoms. The standard InChI is InChI=1S/C13H11Br2N3/c1-8-13(15)9(2)18(17-8)12-4-3-10(6-14)5-11(12)7-16/h3-5H,6H2,1-2H3. The van der Waals surface area contributed by atoms with E-state index in [1.54, 1.807) is 4.68 Å². The second kappa shape index (κ2) is 5.25. The van der Waals surface area contributed by atoms with Crippen molar-refractivity contribution < 1.29 is 0 Å². The molecule has 1 aromatic carbocycles. The molecule has 0 atom stereocenters. The molecule has 2 aromatic rings. The average molecular weight is 369 g/mol. The van der Waals surface area contributed by atoms with Gasteiger partial charge in [-0.3, -0.25) is 0 Å². The molecule has 2 rings (SSSR count). The van der Waals surface area contributed by atoms with Crippen molar-refractivity contribution >= 4 is 31.9 Å². The van der Waals surface area contributed by atoms with Gasteiger partial charge in [-0.05, 0) is 47.5 Å². The van der Waals surface area contributed by atoms with Crippen LogP contribution in [0.15, 0.2) is 22.7 Å². The topological polar surface area (TPSA) is 41.6 Å². The number of rotatable bonds is 2. The molecule has 0 fully saturated rings. The zero-order chi connectivity index (χ0) is 13.3. The van der Waals surface area contributed by atoms with Gasteiger partial charge in [-0.25, -0.2) is 4.68 Å². The Kier molecular flexibility index (Phi) is 3.88. The van der Waals surface area contributed by atoms with Crippen LogP contribution in [0.1, 0.15) is 22.5 Å². The van der Waals surface area contributed by atoms with Gasteiger partial charge in [0.2, 0.25) is 0 Å². The molecule has 0 unspecified atom stereocenters. The molecular weight excluding hydrogens is 358 g/mol. The van der Waals surface area contributed by atoms with Crippen LogP contribution in [0.25, 0.3) is 5.69 Å². The molecule has 0 N–H and O–H groups in total. The van der Waals surface area contributed by atoms with Crippen molar-refractivity contribution in [2.45, 2.75) is 19.2 Å². The third-order valence-corrected chi connectivity index (χ3v) is 4.56. The number of hydrogen-bond donors (Lipinski definition) is 0. The molecule has 0 radical (unpaired) electrons. The van der Waals surface area contributed by atoms with Crippen molar-refractivity contribution in [2.75, 3.05) is 0 Å². The Bertz CT molecular complexity index is 638. The fourth-order valence-electron chi connectivity index (χ4n) is 1.80. The highest BCUT2D eigenvalue weighted by molar-refractivity contribution is 9.10. The van der Waals surface area contributed by atoms with Crippen LogP contribution in [0.5, 0.6) is 0 Å². The van der Waals surface area contributed by atoms with E-state index in [0.29, 0.717) is 5.56 Å². The zero-order valence-electron chi connectivity index (χ0n) is 10.0. The first-order valence-electron chi connectivity index (χ1n) is 5.39. The van der Waals surface area contributed by atoms with Crippen LogP contribution in [-0.2, 0) is 5.33 Å². The zero-order valence-corrected chi connectivity index (χ0v) is 13.2. The summed E-state index contributed by atoms with van der Waals surface area (Å²) in [5.41, 5.74) is 4.44. The molecule has 92 valence electrons. The van der Waals surface area contributed by atoms with E-state index >= 15 is 0 Å². The largest absolute Gasteiger partial charge is 0.235 e. The van der Waals surface area contributed by atoms with Gasteiger partial charge in [-0.2, -0.15) is 10.4 Å². The Balaban J connectivity index is 2.64. The maximum absolute atomic E-state index is 9.25. The second-order valence-electron chi connectivity index (χ2n) is 3.99. The minimum Gasteiger partial charge on any atom is -0.235 e. The summed E-state index contributed by atoms with van der Waals surface area (Å²) < 4.78 is 2.78. The van der Waals surface area contributed by atoms with E-state index in [0.717, 1.165) is 32.4 Å². The monoisotopic (exact) mass is 367 g/mol. The van der Waals surface area contributed by atoms with E-state index in [2.05, 4.69) is 43.0 Å². The van der Waals surface area contributed by atoms with Crippen LogP contribution in [0, 0.1) is 25.2 Å². The van der Waals surface area contributed by atoms with Crippen molar-refractivity contribution in [2.24, 2.45) is 0 Å². The van der Waals surface area contributed by atoms with Crippen LogP contribution in [0.4, 0.5) is 0 Å². The summed E-state index contributed by atoms with van der Waals surface area (Å²) in [6.07, 6.45) is 0. The Morgan fingerprint density at radius 2 is 2.11 bits per heavy atom. The van der Waals surface area contributed by atoms with Crippen molar-refractivity contribution in [3.63, 3.8) is 0 Å². The number of aromatic nitrogens is 2. The normalized spacial score (nSPS) is 10.4. The fraction of sp³-hybridized carbons (Fsp3) is 0.231. The Morgan fingerprint density at radius 3 is 2.61 bits per heavy atom. The summed E-state index contributed by atoms with van der Waals surface area (Å²) in [4.78, 5) is 0. The van der Waals surface area contributed by atoms with Crippen LogP contribution in [0.2, 0.25) is 0 Å². The predicted molar refractivity (Wildman–Crippen MR) is 78.1 cm³/mol. The third-order valence-electron chi connectivity index (χ3n) is 2.77. The number of aryl methyl sites for hydroxylation is 1. The minimum atomic E-state index is 0.630. The Morgan fingerprint density at radius 1 is 1.39 bits per heavy atom. The first-order chi connectivity index (χ1) is 8.58. The van der Waals surface area contributed by atoms with Gasteiger partial charge in [0, 0.05) is 5.33 Å². The maximum atomic E-state index is 9.25. The summed E-state index contributed by atoms with van der Waals surface area (Å²) in [5, 5.41) is 14.4. The van der Waals surface area contributed by atoms with Gasteiger partial charge < -0.3 is 0 Å². The Labute approximate surface area is 123 Å². The summed E-state index contributed by atoms with van der Waals surface area (Å²) in [5.74, 6) is 0. The molecule has 5 heteroatoms. The lowest BCUT2D eigenvalue weighted by molar-refractivity contribution is 0.830. The van der Waals surface area contributed by atoms with Crippen molar-refractivity contribution in [3.8, 4) is 11.8 Å². The number of benzene rings is 1. The summed E-state index contributed by atoms with van der Waals surface area (Å²) in [6, 6.07) is 8.04. The average Bonchev–Trinajstić information content (AvgIpc) is 2.65. The van der Waals surface area contributed by atoms with Crippen molar-refractivity contribution in [3.05, 3.63) is 45.2 Å². The van der Waals surface area contributed by atoms with E-state index in [9.17, 15) is 5.26 Å². The van der Waals surface area contributed by atoms with Gasteiger partial charge >= 0.3 is 0 Å². The van der Waals surface area contributed by atoms with Crippen LogP contribution < -0.4 is 0 Å². The molecule has 1 heterocycles. The number of alkyl halides is 1. The lowest BCUT2D eigenvalue weighted by Crippen LogP contribution is -2.02. The lowest BCUT2D eigenvalue weighted by atomic mass is 10.1. The van der Waals surface area contributed by atoms with Crippen LogP contribution in [-0.4, -0.2) is 9.78 Å². The summed E-state index contributed by atoms with van der Waals surface area (Å²) in [6.45, 7) is 3.91. The van der Waals surface area contributed by atoms with Gasteiger partial charge in [-0.15, -0.1) is 0 Å². The van der Waals surface area contributed by atoms with Gasteiger partial charge in [0.25, 0.3) is 0 Å². The molecule has 0 aliphatic heterocycles. The van der Waals surface area contributed by atoms with Gasteiger partial charge in [0.15, 0.2) is 0 Å². The first kappa shape index (κ1) is 13.3. The highest BCUT2D eigenvalue weighted by Crippen LogP contribution is 2.25. The van der Waals surface area contributed by atoms with E-state index < -0.39 is 0 Å². The number of halogens is 2. The molecular formula is C13H11Br2N3. The molecule has 3 nitrogen and oxygen atoms in total. The van der Waals surface area contributed by atoms with Gasteiger partial charge in [-0.1, -0.05) is 22.0 Å². The van der Waals surface area contributed by atoms with E-state index in [1.165, 1.54) is 0 Å². The van der Waals surface area contributed by atoms with Gasteiger partial charge in [0.1, 0.15) is 6.07 Å². The molecule has 0 amide bonds. The quantitative estimate of drug-likeness (QED) is 0.751. The SMILES string of the molecule is Cc1nn(-c2ccc(CBr)cc2C#N)c(C)c1Br. The van der Waals surface area contributed by atoms with Crippen molar-refractivity contribution in [1.29, 1.82) is 5.26 Å². The molecule has 0 spiro atoms. The molecule has 0 saturated carbocycles. The maximum Gasteiger partial charge on any atom is 0.101 e. The highest BCUT2D eigenvalue weighted by atomic mass is 79.9. The van der Waals surface area contributed by atoms with Crippen molar-refractivity contribution in [1.82, 2.24) is 9.78 Å². The van der Waals surface area contributed by atoms with E-state index in [1.807, 2.05) is 32.0 Å². The van der Waals surface area contributed by atoms with Gasteiger partial charge in [0.05, 0.1) is 27.1 Å². The lowest BCUT2D eigenvalue weighted by Gasteiger charge is -2.08. The van der Waals surface area contributed by atoms with Crippen LogP contribution >= 0.6 is 31.9 Å². The predicted octanol–water partition coefficient (Wildman–Crippen LogP) is 4.02. The third kappa shape index (κ3) is 2.23. The fourth-order valence-corrected chi connectivity index (χ4v) is 2.39. The minimum absolute atomic E-state index is 0.630. The number of nitriles is 1. The Hall–Kier alpha value is -1.12. The highest BCUT2D eigenvalue weighted by Gasteiger charge is 2.13. The number of hydrogen-bond acceptors (Lipinski definition) is 2. The second-order valence-corrected chi connectivity index (χ2v) is 5.35. The molecule has 18 heavy (non-hydrogen) atoms. The summed E-state index contributed by atoms with van der Waals surface area (Å²) >= 11 is 6.89.